The Morgan fingerprint density at radius 3 is 1.37 bits per heavy atom. The van der Waals surface area contributed by atoms with Crippen molar-refractivity contribution in [3.8, 4) is 67.5 Å². The fraction of sp³-hybridized carbons (Fsp3) is 0.235. The van der Waals surface area contributed by atoms with Crippen molar-refractivity contribution < 1.29 is 0 Å². The first-order valence-corrected chi connectivity index (χ1v) is 19.2. The van der Waals surface area contributed by atoms with Crippen LogP contribution in [0.3, 0.4) is 0 Å². The summed E-state index contributed by atoms with van der Waals surface area (Å²) in [6.45, 7) is 19.3. The standard InChI is InChI=1S/C51H47N3/c1-48(2)41-25-16-15-22-36(41)37-23-17-24-38(44(37)48)39-30-42-43(50(5,6)51(7,8)49(42,3)4)31-40(39)47-53-45(34-20-13-10-14-21-34)52-46(54-47)35-28-26-33(27-29-35)32-18-11-9-12-19-32/h9-31H,1-8H3. The molecule has 266 valence electrons. The van der Waals surface area contributed by atoms with Gasteiger partial charge in [-0.2, -0.15) is 0 Å². The Morgan fingerprint density at radius 1 is 0.333 bits per heavy atom. The van der Waals surface area contributed by atoms with E-state index in [0.29, 0.717) is 17.5 Å². The van der Waals surface area contributed by atoms with Crippen LogP contribution in [0.25, 0.3) is 67.5 Å². The smallest absolute Gasteiger partial charge is 0.164 e. The van der Waals surface area contributed by atoms with Crippen LogP contribution in [0.5, 0.6) is 0 Å². The fourth-order valence-corrected chi connectivity index (χ4v) is 9.35. The summed E-state index contributed by atoms with van der Waals surface area (Å²) >= 11 is 0. The number of rotatable bonds is 5. The zero-order valence-corrected chi connectivity index (χ0v) is 32.6. The first-order chi connectivity index (χ1) is 25.8. The van der Waals surface area contributed by atoms with Crippen LogP contribution >= 0.6 is 0 Å². The van der Waals surface area contributed by atoms with Crippen molar-refractivity contribution in [2.75, 3.05) is 0 Å². The lowest BCUT2D eigenvalue weighted by Crippen LogP contribution is -2.42. The van der Waals surface area contributed by atoms with Crippen LogP contribution in [-0.2, 0) is 16.2 Å². The second kappa shape index (κ2) is 11.9. The molecule has 1 aromatic heterocycles. The molecule has 3 nitrogen and oxygen atoms in total. The normalized spacial score (nSPS) is 16.7. The third-order valence-corrected chi connectivity index (χ3v) is 13.7. The molecule has 0 atom stereocenters. The number of fused-ring (bicyclic) bond motifs is 4. The highest BCUT2D eigenvalue weighted by Gasteiger charge is 2.57. The highest BCUT2D eigenvalue weighted by atomic mass is 15.0. The summed E-state index contributed by atoms with van der Waals surface area (Å²) < 4.78 is 0. The Bertz CT molecular complexity index is 2580. The van der Waals surface area contributed by atoms with Gasteiger partial charge in [0.25, 0.3) is 0 Å². The molecule has 3 heteroatoms. The Kier molecular flexibility index (Phi) is 7.53. The van der Waals surface area contributed by atoms with E-state index in [1.807, 2.05) is 18.2 Å². The molecular weight excluding hydrogens is 655 g/mol. The largest absolute Gasteiger partial charge is 0.208 e. The molecule has 0 aliphatic heterocycles. The van der Waals surface area contributed by atoms with Crippen molar-refractivity contribution in [2.45, 2.75) is 71.6 Å². The molecule has 9 rings (SSSR count). The summed E-state index contributed by atoms with van der Waals surface area (Å²) in [7, 11) is 0. The van der Waals surface area contributed by atoms with Gasteiger partial charge in [0.15, 0.2) is 17.5 Å². The number of hydrogen-bond acceptors (Lipinski definition) is 3. The minimum atomic E-state index is -0.188. The molecule has 7 aromatic rings. The van der Waals surface area contributed by atoms with E-state index in [4.69, 9.17) is 15.0 Å². The van der Waals surface area contributed by atoms with Crippen molar-refractivity contribution in [1.29, 1.82) is 0 Å². The molecular formula is C51H47N3. The van der Waals surface area contributed by atoms with Gasteiger partial charge in [0.1, 0.15) is 0 Å². The van der Waals surface area contributed by atoms with Crippen molar-refractivity contribution in [3.63, 3.8) is 0 Å². The highest BCUT2D eigenvalue weighted by molar-refractivity contribution is 5.93. The summed E-state index contributed by atoms with van der Waals surface area (Å²) in [5.41, 5.74) is 15.4. The maximum absolute atomic E-state index is 5.38. The number of aromatic nitrogens is 3. The molecule has 2 aliphatic rings. The van der Waals surface area contributed by atoms with Crippen LogP contribution in [0, 0.1) is 5.41 Å². The summed E-state index contributed by atoms with van der Waals surface area (Å²) in [5, 5.41) is 0. The van der Waals surface area contributed by atoms with Crippen LogP contribution in [0.1, 0.15) is 77.6 Å². The van der Waals surface area contributed by atoms with Gasteiger partial charge in [-0.05, 0) is 84.0 Å². The average Bonchev–Trinajstić information content (AvgIpc) is 3.49. The Morgan fingerprint density at radius 2 is 0.759 bits per heavy atom. The van der Waals surface area contributed by atoms with Crippen molar-refractivity contribution in [1.82, 2.24) is 15.0 Å². The van der Waals surface area contributed by atoms with Crippen molar-refractivity contribution >= 4 is 0 Å². The molecule has 1 heterocycles. The van der Waals surface area contributed by atoms with Crippen LogP contribution in [0.4, 0.5) is 0 Å². The third kappa shape index (κ3) is 4.90. The lowest BCUT2D eigenvalue weighted by atomic mass is 9.59. The predicted octanol–water partition coefficient (Wildman–Crippen LogP) is 13.1. The average molecular weight is 702 g/mol. The van der Waals surface area contributed by atoms with E-state index in [0.717, 1.165) is 22.3 Å². The molecule has 6 aromatic carbocycles. The van der Waals surface area contributed by atoms with Gasteiger partial charge in [-0.3, -0.25) is 0 Å². The topological polar surface area (TPSA) is 38.7 Å². The van der Waals surface area contributed by atoms with E-state index < -0.39 is 0 Å². The molecule has 0 spiro atoms. The van der Waals surface area contributed by atoms with Crippen LogP contribution < -0.4 is 0 Å². The van der Waals surface area contributed by atoms with Crippen molar-refractivity contribution in [3.05, 3.63) is 162 Å². The summed E-state index contributed by atoms with van der Waals surface area (Å²) in [4.78, 5) is 15.9. The molecule has 0 N–H and O–H groups in total. The lowest BCUT2D eigenvalue weighted by Gasteiger charge is -2.44. The molecule has 2 aliphatic carbocycles. The minimum Gasteiger partial charge on any atom is -0.208 e. The second-order valence-corrected chi connectivity index (χ2v) is 17.3. The number of nitrogens with zero attached hydrogens (tertiary/aromatic N) is 3. The van der Waals surface area contributed by atoms with Gasteiger partial charge in [0.05, 0.1) is 0 Å². The monoisotopic (exact) mass is 701 g/mol. The first kappa shape index (κ1) is 34.1. The van der Waals surface area contributed by atoms with Crippen LogP contribution in [-0.4, -0.2) is 15.0 Å². The molecule has 54 heavy (non-hydrogen) atoms. The van der Waals surface area contributed by atoms with Gasteiger partial charge < -0.3 is 0 Å². The van der Waals surface area contributed by atoms with Gasteiger partial charge in [-0.25, -0.2) is 15.0 Å². The van der Waals surface area contributed by atoms with Gasteiger partial charge in [0, 0.05) is 22.1 Å². The third-order valence-electron chi connectivity index (χ3n) is 13.7. The van der Waals surface area contributed by atoms with Crippen LogP contribution in [0.2, 0.25) is 0 Å². The molecule has 0 unspecified atom stereocenters. The SMILES string of the molecule is CC1(C)c2ccccc2-c2cccc(-c3cc4c(cc3-c3nc(-c5ccccc5)nc(-c5ccc(-c6ccccc6)cc5)n3)C(C)(C)C(C)(C)C4(C)C)c21. The second-order valence-electron chi connectivity index (χ2n) is 17.3. The Balaban J connectivity index is 1.33. The van der Waals surface area contributed by atoms with Gasteiger partial charge in [-0.1, -0.05) is 183 Å². The summed E-state index contributed by atoms with van der Waals surface area (Å²) in [5.74, 6) is 2.02. The molecule has 0 saturated carbocycles. The van der Waals surface area contributed by atoms with Crippen molar-refractivity contribution in [2.24, 2.45) is 5.41 Å². The summed E-state index contributed by atoms with van der Waals surface area (Å²) in [6, 6.07) is 50.1. The first-order valence-electron chi connectivity index (χ1n) is 19.2. The predicted molar refractivity (Wildman–Crippen MR) is 224 cm³/mol. The molecule has 0 fully saturated rings. The maximum atomic E-state index is 5.38. The van der Waals surface area contributed by atoms with E-state index in [1.165, 1.54) is 50.1 Å². The van der Waals surface area contributed by atoms with Gasteiger partial charge in [-0.15, -0.1) is 0 Å². The maximum Gasteiger partial charge on any atom is 0.164 e. The minimum absolute atomic E-state index is 0.00761. The molecule has 0 amide bonds. The summed E-state index contributed by atoms with van der Waals surface area (Å²) in [6.07, 6.45) is 0. The fourth-order valence-electron chi connectivity index (χ4n) is 9.35. The molecule has 0 saturated heterocycles. The lowest BCUT2D eigenvalue weighted by molar-refractivity contribution is 0.125. The van der Waals surface area contributed by atoms with E-state index in [2.05, 4.69) is 177 Å². The molecule has 0 bridgehead atoms. The van der Waals surface area contributed by atoms with E-state index in [9.17, 15) is 0 Å². The Hall–Kier alpha value is -5.67. The van der Waals surface area contributed by atoms with Gasteiger partial charge in [0.2, 0.25) is 0 Å². The number of benzene rings is 6. The zero-order chi connectivity index (χ0) is 37.6. The molecule has 0 radical (unpaired) electrons. The highest BCUT2D eigenvalue weighted by Crippen LogP contribution is 2.63. The van der Waals surface area contributed by atoms with Crippen LogP contribution in [0.15, 0.2) is 140 Å². The van der Waals surface area contributed by atoms with E-state index >= 15 is 0 Å². The quantitative estimate of drug-likeness (QED) is 0.179. The van der Waals surface area contributed by atoms with Gasteiger partial charge >= 0.3 is 0 Å². The van der Waals surface area contributed by atoms with E-state index in [1.54, 1.807) is 0 Å². The number of hydrogen-bond donors (Lipinski definition) is 0. The Labute approximate surface area is 320 Å². The zero-order valence-electron chi connectivity index (χ0n) is 32.6. The van der Waals surface area contributed by atoms with E-state index in [-0.39, 0.29) is 21.7 Å².